The van der Waals surface area contributed by atoms with E-state index in [9.17, 15) is 18.3 Å². The Morgan fingerprint density at radius 1 is 1.13 bits per heavy atom. The standard InChI is InChI=1S/C32H37ClN4O7S.ClH/c1-20-8-9-22(14-23(20)18-37-19-24-15-25(38)10-11-28(24)44-45(37,40)41)27(17-30(39)42-4)26-16-29(43-13-7-5-6-12-33)32-31(21(26)2)34-35-36(32)3;/h8-11,14-16,27,38H,5-7,12-13,17-19H2,1-4H3;1H. The second-order valence-corrected chi connectivity index (χ2v) is 13.1. The monoisotopic (exact) mass is 692 g/mol. The molecule has 11 nitrogen and oxygen atoms in total. The number of phenols is 1. The number of aromatic hydroxyl groups is 1. The Balaban J connectivity index is 0.00000480. The van der Waals surface area contributed by atoms with E-state index in [1.165, 1.54) is 29.6 Å². The van der Waals surface area contributed by atoms with Gasteiger partial charge in [0.25, 0.3) is 0 Å². The third kappa shape index (κ3) is 7.52. The number of rotatable bonds is 12. The molecule has 3 aromatic carbocycles. The Hall–Kier alpha value is -3.58. The predicted octanol–water partition coefficient (Wildman–Crippen LogP) is 5.83. The van der Waals surface area contributed by atoms with Gasteiger partial charge in [0.15, 0.2) is 0 Å². The average molecular weight is 694 g/mol. The summed E-state index contributed by atoms with van der Waals surface area (Å²) in [6, 6.07) is 12.0. The molecular weight excluding hydrogens is 655 g/mol. The highest BCUT2D eigenvalue weighted by molar-refractivity contribution is 7.84. The maximum Gasteiger partial charge on any atom is 0.385 e. The van der Waals surface area contributed by atoms with Crippen LogP contribution in [0.25, 0.3) is 11.0 Å². The zero-order valence-electron chi connectivity index (χ0n) is 26.2. The summed E-state index contributed by atoms with van der Waals surface area (Å²) in [6.07, 6.45) is 2.72. The first kappa shape index (κ1) is 35.3. The zero-order chi connectivity index (χ0) is 32.3. The molecule has 0 bridgehead atoms. The summed E-state index contributed by atoms with van der Waals surface area (Å²) in [6.45, 7) is 4.40. The molecule has 1 aromatic heterocycles. The van der Waals surface area contributed by atoms with Gasteiger partial charge in [0.1, 0.15) is 28.3 Å². The maximum absolute atomic E-state index is 13.1. The smallest absolute Gasteiger partial charge is 0.385 e. The fourth-order valence-electron chi connectivity index (χ4n) is 5.63. The van der Waals surface area contributed by atoms with Gasteiger partial charge in [0.2, 0.25) is 0 Å². The molecular formula is C32H38Cl2N4O7S. The number of carbonyl (C=O) groups excluding carboxylic acids is 1. The molecule has 2 heterocycles. The number of fused-ring (bicyclic) bond motifs is 2. The van der Waals surface area contributed by atoms with E-state index in [0.717, 1.165) is 52.6 Å². The second-order valence-electron chi connectivity index (χ2n) is 11.2. The van der Waals surface area contributed by atoms with Crippen LogP contribution >= 0.6 is 24.0 Å². The molecule has 0 radical (unpaired) electrons. The number of phenolic OH excluding ortho intramolecular Hbond substituents is 1. The van der Waals surface area contributed by atoms with Crippen molar-refractivity contribution in [2.24, 2.45) is 7.05 Å². The van der Waals surface area contributed by atoms with Gasteiger partial charge < -0.3 is 18.8 Å². The van der Waals surface area contributed by atoms with Crippen LogP contribution in [-0.2, 0) is 40.0 Å². The summed E-state index contributed by atoms with van der Waals surface area (Å²) in [4.78, 5) is 12.8. The number of methoxy groups -OCH3 is 1. The van der Waals surface area contributed by atoms with Crippen molar-refractivity contribution in [1.29, 1.82) is 0 Å². The molecule has 1 atom stereocenters. The number of esters is 1. The molecule has 14 heteroatoms. The summed E-state index contributed by atoms with van der Waals surface area (Å²) in [5.74, 6) is 0.589. The number of carbonyl (C=O) groups is 1. The van der Waals surface area contributed by atoms with Gasteiger partial charge in [-0.2, -0.15) is 12.7 Å². The minimum absolute atomic E-state index is 0. The minimum atomic E-state index is -4.09. The lowest BCUT2D eigenvalue weighted by atomic mass is 9.84. The van der Waals surface area contributed by atoms with Gasteiger partial charge >= 0.3 is 16.3 Å². The van der Waals surface area contributed by atoms with Gasteiger partial charge in [0, 0.05) is 37.5 Å². The third-order valence-corrected chi connectivity index (χ3v) is 9.72. The van der Waals surface area contributed by atoms with E-state index in [4.69, 9.17) is 25.3 Å². The first-order valence-electron chi connectivity index (χ1n) is 14.7. The largest absolute Gasteiger partial charge is 0.508 e. The van der Waals surface area contributed by atoms with E-state index in [-0.39, 0.29) is 43.4 Å². The quantitative estimate of drug-likeness (QED) is 0.111. The van der Waals surface area contributed by atoms with E-state index in [1.807, 2.05) is 45.2 Å². The van der Waals surface area contributed by atoms with Crippen molar-refractivity contribution < 1.29 is 32.0 Å². The third-order valence-electron chi connectivity index (χ3n) is 8.17. The topological polar surface area (TPSA) is 133 Å². The number of halogens is 2. The van der Waals surface area contributed by atoms with Crippen molar-refractivity contribution in [2.45, 2.75) is 58.5 Å². The first-order chi connectivity index (χ1) is 21.5. The molecule has 1 unspecified atom stereocenters. The molecule has 0 fully saturated rings. The highest BCUT2D eigenvalue weighted by Crippen LogP contribution is 2.39. The van der Waals surface area contributed by atoms with Crippen LogP contribution in [0.15, 0.2) is 42.5 Å². The number of nitrogens with zero attached hydrogens (tertiary/aromatic N) is 4. The van der Waals surface area contributed by atoms with Crippen LogP contribution in [-0.4, -0.2) is 58.4 Å². The van der Waals surface area contributed by atoms with E-state index in [2.05, 4.69) is 10.3 Å². The van der Waals surface area contributed by atoms with Crippen LogP contribution in [0.5, 0.6) is 17.2 Å². The van der Waals surface area contributed by atoms with E-state index in [0.29, 0.717) is 29.3 Å². The fourth-order valence-corrected chi connectivity index (χ4v) is 6.91. The van der Waals surface area contributed by atoms with Gasteiger partial charge in [-0.1, -0.05) is 23.4 Å². The fraction of sp³-hybridized carbons (Fsp3) is 0.406. The van der Waals surface area contributed by atoms with E-state index in [1.54, 1.807) is 4.68 Å². The van der Waals surface area contributed by atoms with Crippen molar-refractivity contribution in [3.05, 3.63) is 75.8 Å². The molecule has 0 aliphatic carbocycles. The molecule has 0 spiro atoms. The summed E-state index contributed by atoms with van der Waals surface area (Å²) >= 11 is 5.84. The lowest BCUT2D eigenvalue weighted by Crippen LogP contribution is -2.37. The number of benzene rings is 3. The Labute approximate surface area is 280 Å². The number of hydrogen-bond acceptors (Lipinski definition) is 9. The number of ether oxygens (including phenoxy) is 2. The number of aromatic nitrogens is 3. The Morgan fingerprint density at radius 2 is 1.91 bits per heavy atom. The summed E-state index contributed by atoms with van der Waals surface area (Å²) in [5, 5.41) is 18.6. The van der Waals surface area contributed by atoms with Crippen LogP contribution in [0.4, 0.5) is 0 Å². The lowest BCUT2D eigenvalue weighted by molar-refractivity contribution is -0.140. The normalized spacial score (nSPS) is 14.6. The van der Waals surface area contributed by atoms with Crippen LogP contribution < -0.4 is 8.92 Å². The number of unbranched alkanes of at least 4 members (excludes halogenated alkanes) is 2. The van der Waals surface area contributed by atoms with Crippen molar-refractivity contribution in [3.8, 4) is 17.2 Å². The van der Waals surface area contributed by atoms with Crippen molar-refractivity contribution >= 4 is 51.3 Å². The molecule has 5 rings (SSSR count). The minimum Gasteiger partial charge on any atom is -0.508 e. The van der Waals surface area contributed by atoms with Crippen LogP contribution in [0.3, 0.4) is 0 Å². The van der Waals surface area contributed by atoms with E-state index >= 15 is 0 Å². The molecule has 4 aromatic rings. The SMILES string of the molecule is COC(=O)CC(c1ccc(C)c(CN2Cc3cc(O)ccc3OS2(=O)=O)c1)c1cc(OCCCCCCl)c2c(nnn2C)c1C.Cl. The van der Waals surface area contributed by atoms with Crippen molar-refractivity contribution in [2.75, 3.05) is 19.6 Å². The van der Waals surface area contributed by atoms with Gasteiger partial charge in [0.05, 0.1) is 20.1 Å². The Bertz CT molecular complexity index is 1830. The maximum atomic E-state index is 13.1. The highest BCUT2D eigenvalue weighted by Gasteiger charge is 2.33. The average Bonchev–Trinajstić information content (AvgIpc) is 3.40. The molecule has 1 N–H and O–H groups in total. The van der Waals surface area contributed by atoms with Gasteiger partial charge in [-0.3, -0.25) is 4.79 Å². The first-order valence-corrected chi connectivity index (χ1v) is 16.6. The zero-order valence-corrected chi connectivity index (χ0v) is 28.5. The molecule has 1 aliphatic heterocycles. The lowest BCUT2D eigenvalue weighted by Gasteiger charge is -2.28. The summed E-state index contributed by atoms with van der Waals surface area (Å²) in [7, 11) is -0.923. The van der Waals surface area contributed by atoms with Crippen LogP contribution in [0, 0.1) is 13.8 Å². The molecule has 1 aliphatic rings. The van der Waals surface area contributed by atoms with Crippen LogP contribution in [0.1, 0.15) is 65.0 Å². The molecule has 0 saturated heterocycles. The summed E-state index contributed by atoms with van der Waals surface area (Å²) in [5.41, 5.74) is 6.09. The summed E-state index contributed by atoms with van der Waals surface area (Å²) < 4.78 is 45.7. The Kier molecular flexibility index (Phi) is 11.4. The van der Waals surface area contributed by atoms with E-state index < -0.39 is 22.2 Å². The Morgan fingerprint density at radius 3 is 2.65 bits per heavy atom. The van der Waals surface area contributed by atoms with Gasteiger partial charge in [-0.25, -0.2) is 4.68 Å². The van der Waals surface area contributed by atoms with Crippen molar-refractivity contribution in [1.82, 2.24) is 19.3 Å². The van der Waals surface area contributed by atoms with Crippen LogP contribution in [0.2, 0.25) is 0 Å². The molecule has 248 valence electrons. The molecule has 0 saturated carbocycles. The second kappa shape index (κ2) is 14.9. The molecule has 46 heavy (non-hydrogen) atoms. The van der Waals surface area contributed by atoms with Gasteiger partial charge in [-0.15, -0.1) is 29.1 Å². The van der Waals surface area contributed by atoms with Crippen molar-refractivity contribution in [3.63, 3.8) is 0 Å². The molecule has 0 amide bonds. The number of alkyl halides is 1. The number of aryl methyl sites for hydroxylation is 3. The predicted molar refractivity (Wildman–Crippen MR) is 177 cm³/mol. The number of hydrogen-bond donors (Lipinski definition) is 1. The van der Waals surface area contributed by atoms with Gasteiger partial charge in [-0.05, 0) is 85.2 Å². The highest BCUT2D eigenvalue weighted by atomic mass is 35.5.